The van der Waals surface area contributed by atoms with Gasteiger partial charge in [-0.1, -0.05) is 12.1 Å². The van der Waals surface area contributed by atoms with Crippen LogP contribution in [0.3, 0.4) is 0 Å². The van der Waals surface area contributed by atoms with Gasteiger partial charge in [-0.15, -0.1) is 0 Å². The first-order chi connectivity index (χ1) is 13.5. The molecule has 0 saturated carbocycles. The summed E-state index contributed by atoms with van der Waals surface area (Å²) < 4.78 is 5.00. The zero-order chi connectivity index (χ0) is 20.1. The van der Waals surface area contributed by atoms with E-state index in [4.69, 9.17) is 4.74 Å². The summed E-state index contributed by atoms with van der Waals surface area (Å²) in [5, 5.41) is 6.55. The van der Waals surface area contributed by atoms with Crippen LogP contribution in [0.25, 0.3) is 0 Å². The van der Waals surface area contributed by atoms with Crippen LogP contribution in [0.5, 0.6) is 0 Å². The Bertz CT molecular complexity index is 984. The van der Waals surface area contributed by atoms with Gasteiger partial charge in [-0.05, 0) is 69.2 Å². The summed E-state index contributed by atoms with van der Waals surface area (Å²) in [6, 6.07) is 15.1. The summed E-state index contributed by atoms with van der Waals surface area (Å²) in [7, 11) is 0. The normalized spacial score (nSPS) is 10.4. The number of anilines is 4. The van der Waals surface area contributed by atoms with Crippen molar-refractivity contribution in [3.8, 4) is 0 Å². The minimum absolute atomic E-state index is 0.333. The van der Waals surface area contributed by atoms with Crippen LogP contribution in [0.15, 0.2) is 48.5 Å². The molecular weight excluding hydrogens is 352 g/mol. The lowest BCUT2D eigenvalue weighted by Crippen LogP contribution is -2.05. The Morgan fingerprint density at radius 1 is 1.00 bits per heavy atom. The number of nitrogens with one attached hydrogen (secondary N) is 2. The summed E-state index contributed by atoms with van der Waals surface area (Å²) in [6.07, 6.45) is 0. The third-order valence-electron chi connectivity index (χ3n) is 4.37. The van der Waals surface area contributed by atoms with Gasteiger partial charge in [-0.2, -0.15) is 4.98 Å². The zero-order valence-electron chi connectivity index (χ0n) is 16.5. The average molecular weight is 376 g/mol. The van der Waals surface area contributed by atoms with Crippen molar-refractivity contribution >= 4 is 29.1 Å². The molecule has 0 radical (unpaired) electrons. The topological polar surface area (TPSA) is 76.1 Å². The molecule has 0 spiro atoms. The van der Waals surface area contributed by atoms with Crippen LogP contribution in [0.2, 0.25) is 0 Å². The van der Waals surface area contributed by atoms with E-state index in [0.29, 0.717) is 23.9 Å². The fourth-order valence-electron chi connectivity index (χ4n) is 2.75. The number of hydrogen-bond donors (Lipinski definition) is 2. The molecule has 1 aromatic heterocycles. The van der Waals surface area contributed by atoms with E-state index in [1.165, 1.54) is 11.1 Å². The number of ether oxygens (including phenoxy) is 1. The van der Waals surface area contributed by atoms with E-state index in [2.05, 4.69) is 40.5 Å². The van der Waals surface area contributed by atoms with Crippen LogP contribution in [0, 0.1) is 20.8 Å². The van der Waals surface area contributed by atoms with Crippen molar-refractivity contribution in [2.24, 2.45) is 0 Å². The molecule has 0 saturated heterocycles. The Hall–Kier alpha value is -3.41. The lowest BCUT2D eigenvalue weighted by atomic mass is 10.1. The van der Waals surface area contributed by atoms with Gasteiger partial charge in [0.2, 0.25) is 5.95 Å². The molecule has 6 heteroatoms. The molecule has 2 N–H and O–H groups in total. The second-order valence-corrected chi connectivity index (χ2v) is 6.51. The fraction of sp³-hybridized carbons (Fsp3) is 0.227. The van der Waals surface area contributed by atoms with E-state index in [1.54, 1.807) is 31.2 Å². The van der Waals surface area contributed by atoms with E-state index in [9.17, 15) is 4.79 Å². The van der Waals surface area contributed by atoms with Gasteiger partial charge in [0.1, 0.15) is 5.82 Å². The van der Waals surface area contributed by atoms with Gasteiger partial charge in [-0.3, -0.25) is 0 Å². The Morgan fingerprint density at radius 2 is 1.75 bits per heavy atom. The maximum Gasteiger partial charge on any atom is 0.338 e. The largest absolute Gasteiger partial charge is 0.462 e. The van der Waals surface area contributed by atoms with E-state index in [1.807, 2.05) is 25.1 Å². The molecule has 0 aliphatic rings. The zero-order valence-corrected chi connectivity index (χ0v) is 16.5. The minimum atomic E-state index is -0.333. The van der Waals surface area contributed by atoms with Gasteiger partial charge >= 0.3 is 5.97 Å². The number of aromatic nitrogens is 2. The molecule has 144 valence electrons. The highest BCUT2D eigenvalue weighted by Crippen LogP contribution is 2.23. The van der Waals surface area contributed by atoms with Crippen molar-refractivity contribution in [1.82, 2.24) is 9.97 Å². The molecule has 1 heterocycles. The number of rotatable bonds is 6. The van der Waals surface area contributed by atoms with Crippen molar-refractivity contribution in [3.63, 3.8) is 0 Å². The summed E-state index contributed by atoms with van der Waals surface area (Å²) in [5.41, 5.74) is 5.56. The first-order valence-corrected chi connectivity index (χ1v) is 9.19. The molecule has 3 aromatic rings. The van der Waals surface area contributed by atoms with Gasteiger partial charge in [0.05, 0.1) is 12.2 Å². The van der Waals surface area contributed by atoms with Crippen molar-refractivity contribution in [1.29, 1.82) is 0 Å². The molecular formula is C22H24N4O2. The highest BCUT2D eigenvalue weighted by Gasteiger charge is 2.08. The number of benzene rings is 2. The first-order valence-electron chi connectivity index (χ1n) is 9.19. The number of hydrogen-bond acceptors (Lipinski definition) is 6. The Kier molecular flexibility index (Phi) is 5.89. The van der Waals surface area contributed by atoms with Crippen LogP contribution in [0.4, 0.5) is 23.1 Å². The van der Waals surface area contributed by atoms with Crippen LogP contribution >= 0.6 is 0 Å². The molecule has 0 unspecified atom stereocenters. The summed E-state index contributed by atoms with van der Waals surface area (Å²) in [5.74, 6) is 0.865. The van der Waals surface area contributed by atoms with Crippen molar-refractivity contribution < 1.29 is 9.53 Å². The molecule has 0 amide bonds. The lowest BCUT2D eigenvalue weighted by Gasteiger charge is -2.13. The third-order valence-corrected chi connectivity index (χ3v) is 4.37. The van der Waals surface area contributed by atoms with E-state index in [0.717, 1.165) is 17.1 Å². The van der Waals surface area contributed by atoms with Crippen LogP contribution in [-0.2, 0) is 4.74 Å². The predicted octanol–water partition coefficient (Wildman–Crippen LogP) is 5.07. The Labute approximate surface area is 165 Å². The fourth-order valence-corrected chi connectivity index (χ4v) is 2.75. The first kappa shape index (κ1) is 19.4. The second kappa shape index (κ2) is 8.52. The predicted molar refractivity (Wildman–Crippen MR) is 112 cm³/mol. The molecule has 0 fully saturated rings. The average Bonchev–Trinajstić information content (AvgIpc) is 2.66. The number of esters is 1. The van der Waals surface area contributed by atoms with Gasteiger partial charge in [0.25, 0.3) is 0 Å². The minimum Gasteiger partial charge on any atom is -0.462 e. The standard InChI is InChI=1S/C22H24N4O2/c1-5-28-21(27)17-9-11-18(12-10-17)24-22-23-15(3)13-20(26-22)25-19-8-6-7-14(2)16(19)4/h6-13H,5H2,1-4H3,(H2,23,24,25,26). The summed E-state index contributed by atoms with van der Waals surface area (Å²) in [6.45, 7) is 8.22. The molecule has 3 rings (SSSR count). The molecule has 0 atom stereocenters. The number of aryl methyl sites for hydroxylation is 2. The van der Waals surface area contributed by atoms with E-state index < -0.39 is 0 Å². The van der Waals surface area contributed by atoms with Crippen LogP contribution in [-0.4, -0.2) is 22.5 Å². The van der Waals surface area contributed by atoms with Crippen LogP contribution < -0.4 is 10.6 Å². The Balaban J connectivity index is 1.78. The number of nitrogens with zero attached hydrogens (tertiary/aromatic N) is 2. The van der Waals surface area contributed by atoms with Crippen molar-refractivity contribution in [3.05, 3.63) is 70.9 Å². The van der Waals surface area contributed by atoms with Crippen LogP contribution in [0.1, 0.15) is 34.1 Å². The maximum atomic E-state index is 11.8. The molecule has 28 heavy (non-hydrogen) atoms. The molecule has 2 aromatic carbocycles. The molecule has 0 aliphatic heterocycles. The Morgan fingerprint density at radius 3 is 2.46 bits per heavy atom. The molecule has 0 aliphatic carbocycles. The maximum absolute atomic E-state index is 11.8. The van der Waals surface area contributed by atoms with Crippen molar-refractivity contribution in [2.75, 3.05) is 17.2 Å². The summed E-state index contributed by atoms with van der Waals surface area (Å²) in [4.78, 5) is 20.8. The SMILES string of the molecule is CCOC(=O)c1ccc(Nc2nc(C)cc(Nc3cccc(C)c3C)n2)cc1. The highest BCUT2D eigenvalue weighted by atomic mass is 16.5. The van der Waals surface area contributed by atoms with Gasteiger partial charge < -0.3 is 15.4 Å². The quantitative estimate of drug-likeness (QED) is 0.585. The number of carbonyl (C=O) groups excluding carboxylic acids is 1. The lowest BCUT2D eigenvalue weighted by molar-refractivity contribution is 0.0526. The van der Waals surface area contributed by atoms with E-state index in [-0.39, 0.29) is 5.97 Å². The van der Waals surface area contributed by atoms with Crippen molar-refractivity contribution in [2.45, 2.75) is 27.7 Å². The second-order valence-electron chi connectivity index (χ2n) is 6.51. The monoisotopic (exact) mass is 376 g/mol. The summed E-state index contributed by atoms with van der Waals surface area (Å²) >= 11 is 0. The van der Waals surface area contributed by atoms with Gasteiger partial charge in [0.15, 0.2) is 0 Å². The highest BCUT2D eigenvalue weighted by molar-refractivity contribution is 5.89. The smallest absolute Gasteiger partial charge is 0.338 e. The van der Waals surface area contributed by atoms with E-state index >= 15 is 0 Å². The molecule has 6 nitrogen and oxygen atoms in total. The van der Waals surface area contributed by atoms with Gasteiger partial charge in [0, 0.05) is 23.1 Å². The van der Waals surface area contributed by atoms with Gasteiger partial charge in [-0.25, -0.2) is 9.78 Å². The third kappa shape index (κ3) is 4.65. The molecule has 0 bridgehead atoms. The number of carbonyl (C=O) groups is 1.